The van der Waals surface area contributed by atoms with Gasteiger partial charge in [0.05, 0.1) is 36.5 Å². The Morgan fingerprint density at radius 2 is 1.67 bits per heavy atom. The Morgan fingerprint density at radius 1 is 1.00 bits per heavy atom. The Morgan fingerprint density at radius 3 is 2.29 bits per heavy atom. The highest BCUT2D eigenvalue weighted by Gasteiger charge is 2.34. The van der Waals surface area contributed by atoms with Crippen molar-refractivity contribution in [1.29, 1.82) is 0 Å². The first kappa shape index (κ1) is 30.2. The van der Waals surface area contributed by atoms with Crippen LogP contribution >= 0.6 is 0 Å². The van der Waals surface area contributed by atoms with Gasteiger partial charge in [0.15, 0.2) is 9.84 Å². The van der Waals surface area contributed by atoms with Gasteiger partial charge in [-0.1, -0.05) is 48.9 Å². The van der Waals surface area contributed by atoms with E-state index in [9.17, 15) is 18.3 Å². The third-order valence-electron chi connectivity index (χ3n) is 8.51. The summed E-state index contributed by atoms with van der Waals surface area (Å²) in [6.45, 7) is 8.74. The zero-order chi connectivity index (χ0) is 29.7. The Balaban J connectivity index is 1.29. The van der Waals surface area contributed by atoms with E-state index in [0.717, 1.165) is 51.5 Å². The lowest BCUT2D eigenvalue weighted by Gasteiger charge is -2.34. The highest BCUT2D eigenvalue weighted by molar-refractivity contribution is 7.91. The van der Waals surface area contributed by atoms with Crippen molar-refractivity contribution < 1.29 is 23.1 Å². The highest BCUT2D eigenvalue weighted by atomic mass is 32.2. The maximum Gasteiger partial charge on any atom is 0.251 e. The van der Waals surface area contributed by atoms with Gasteiger partial charge in [-0.15, -0.1) is 0 Å². The Labute approximate surface area is 249 Å². The number of aryl methyl sites for hydroxylation is 1. The minimum atomic E-state index is -3.32. The molecule has 2 N–H and O–H groups in total. The molecule has 0 bridgehead atoms. The fraction of sp³-hybridized carbons (Fsp3) is 0.424. The van der Waals surface area contributed by atoms with Crippen LogP contribution in [0, 0.1) is 6.92 Å². The van der Waals surface area contributed by atoms with E-state index < -0.39 is 15.9 Å². The molecule has 0 radical (unpaired) electrons. The molecule has 1 amide bonds. The molecule has 8 nitrogen and oxygen atoms in total. The van der Waals surface area contributed by atoms with Gasteiger partial charge in [-0.05, 0) is 60.9 Å². The SMILES string of the molecule is CCS(=O)(=O)c1ccc([C@H](CO)NC(=O)c2ccc(N3CC(c4ccc(C)cc4)C[C@H]3CN3CCOCC3)cc2)cc1. The minimum absolute atomic E-state index is 0.0144. The molecule has 2 aliphatic rings. The number of carbonyl (C=O) groups excluding carboxylic acids is 1. The predicted octanol–water partition coefficient (Wildman–Crippen LogP) is 3.95. The highest BCUT2D eigenvalue weighted by Crippen LogP contribution is 2.36. The van der Waals surface area contributed by atoms with E-state index in [2.05, 4.69) is 46.3 Å². The van der Waals surface area contributed by atoms with Crippen LogP contribution in [-0.4, -0.2) is 82.1 Å². The minimum Gasteiger partial charge on any atom is -0.394 e. The Bertz CT molecular complexity index is 1440. The number of benzene rings is 3. The van der Waals surface area contributed by atoms with Crippen molar-refractivity contribution in [2.24, 2.45) is 0 Å². The summed E-state index contributed by atoms with van der Waals surface area (Å²) < 4.78 is 29.8. The van der Waals surface area contributed by atoms with Gasteiger partial charge in [0.1, 0.15) is 0 Å². The fourth-order valence-corrected chi connectivity index (χ4v) is 6.81. The molecule has 5 rings (SSSR count). The van der Waals surface area contributed by atoms with E-state index >= 15 is 0 Å². The third kappa shape index (κ3) is 7.03. The van der Waals surface area contributed by atoms with E-state index in [1.165, 1.54) is 23.3 Å². The number of carbonyl (C=O) groups is 1. The number of ether oxygens (including phenoxy) is 1. The number of aliphatic hydroxyl groups excluding tert-OH is 1. The molecule has 3 atom stereocenters. The Kier molecular flexibility index (Phi) is 9.63. The van der Waals surface area contributed by atoms with Gasteiger partial charge in [0.25, 0.3) is 5.91 Å². The van der Waals surface area contributed by atoms with Gasteiger partial charge < -0.3 is 20.1 Å². The smallest absolute Gasteiger partial charge is 0.251 e. The maximum atomic E-state index is 13.1. The zero-order valence-electron chi connectivity index (χ0n) is 24.4. The van der Waals surface area contributed by atoms with Crippen LogP contribution in [0.2, 0.25) is 0 Å². The van der Waals surface area contributed by atoms with Gasteiger partial charge >= 0.3 is 0 Å². The molecule has 2 fully saturated rings. The topological polar surface area (TPSA) is 99.2 Å². The molecule has 224 valence electrons. The summed E-state index contributed by atoms with van der Waals surface area (Å²) in [6, 6.07) is 22.6. The molecule has 1 unspecified atom stereocenters. The molecule has 2 heterocycles. The number of morpholine rings is 1. The molecule has 2 aliphatic heterocycles. The number of nitrogens with one attached hydrogen (secondary N) is 1. The van der Waals surface area contributed by atoms with E-state index in [1.54, 1.807) is 19.1 Å². The van der Waals surface area contributed by atoms with E-state index in [4.69, 9.17) is 4.74 Å². The van der Waals surface area contributed by atoms with Crippen molar-refractivity contribution in [3.8, 4) is 0 Å². The predicted molar refractivity (Wildman–Crippen MR) is 165 cm³/mol. The summed E-state index contributed by atoms with van der Waals surface area (Å²) in [5, 5.41) is 12.9. The number of nitrogens with zero attached hydrogens (tertiary/aromatic N) is 2. The van der Waals surface area contributed by atoms with Crippen LogP contribution in [0.4, 0.5) is 5.69 Å². The van der Waals surface area contributed by atoms with E-state index in [-0.39, 0.29) is 23.2 Å². The van der Waals surface area contributed by atoms with Crippen LogP contribution in [0.1, 0.15) is 52.4 Å². The second-order valence-electron chi connectivity index (χ2n) is 11.3. The normalized spacial score (nSPS) is 20.4. The first-order valence-corrected chi connectivity index (χ1v) is 16.4. The van der Waals surface area contributed by atoms with Crippen molar-refractivity contribution >= 4 is 21.4 Å². The third-order valence-corrected chi connectivity index (χ3v) is 10.3. The molecule has 9 heteroatoms. The van der Waals surface area contributed by atoms with Crippen molar-refractivity contribution in [3.05, 3.63) is 95.1 Å². The number of hydrogen-bond donors (Lipinski definition) is 2. The van der Waals surface area contributed by atoms with Crippen molar-refractivity contribution in [2.75, 3.05) is 56.7 Å². The average Bonchev–Trinajstić information content (AvgIpc) is 3.44. The number of aliphatic hydroxyl groups is 1. The summed E-state index contributed by atoms with van der Waals surface area (Å²) in [4.78, 5) is 18.3. The summed E-state index contributed by atoms with van der Waals surface area (Å²) in [7, 11) is -3.32. The fourth-order valence-electron chi connectivity index (χ4n) is 5.92. The second kappa shape index (κ2) is 13.4. The molecular formula is C33H41N3O5S. The summed E-state index contributed by atoms with van der Waals surface area (Å²) in [5.41, 5.74) is 4.86. The maximum absolute atomic E-state index is 13.1. The van der Waals surface area contributed by atoms with E-state index in [0.29, 0.717) is 23.1 Å². The number of hydrogen-bond acceptors (Lipinski definition) is 7. The van der Waals surface area contributed by atoms with Crippen LogP contribution < -0.4 is 10.2 Å². The molecule has 0 aromatic heterocycles. The lowest BCUT2D eigenvalue weighted by atomic mass is 9.95. The monoisotopic (exact) mass is 591 g/mol. The van der Waals surface area contributed by atoms with Gasteiger partial charge in [-0.2, -0.15) is 0 Å². The number of amides is 1. The molecule has 42 heavy (non-hydrogen) atoms. The van der Waals surface area contributed by atoms with Gasteiger partial charge in [-0.3, -0.25) is 9.69 Å². The lowest BCUT2D eigenvalue weighted by Crippen LogP contribution is -2.45. The lowest BCUT2D eigenvalue weighted by molar-refractivity contribution is 0.0354. The molecule has 3 aromatic carbocycles. The van der Waals surface area contributed by atoms with Crippen LogP contribution in [0.15, 0.2) is 77.7 Å². The molecule has 0 spiro atoms. The van der Waals surface area contributed by atoms with Crippen LogP contribution in [-0.2, 0) is 14.6 Å². The summed E-state index contributed by atoms with van der Waals surface area (Å²) >= 11 is 0. The second-order valence-corrected chi connectivity index (χ2v) is 13.6. The molecule has 2 saturated heterocycles. The van der Waals surface area contributed by atoms with Crippen molar-refractivity contribution in [3.63, 3.8) is 0 Å². The first-order valence-electron chi connectivity index (χ1n) is 14.7. The van der Waals surface area contributed by atoms with Gasteiger partial charge in [0.2, 0.25) is 0 Å². The van der Waals surface area contributed by atoms with Crippen molar-refractivity contribution in [2.45, 2.75) is 43.2 Å². The Hall–Kier alpha value is -3.24. The quantitative estimate of drug-likeness (QED) is 0.369. The standard InChI is InChI=1S/C33H41N3O5S/c1-3-42(39,40)31-14-10-26(11-15-31)32(23-37)34-33(38)27-8-12-29(13-9-27)36-21-28(25-6-4-24(2)5-7-25)20-30(36)22-35-16-18-41-19-17-35/h4-15,28,30,32,37H,3,16-23H2,1-2H3,(H,34,38)/t28?,30-,32-/m0/s1. The van der Waals surface area contributed by atoms with Crippen LogP contribution in [0.25, 0.3) is 0 Å². The van der Waals surface area contributed by atoms with Crippen LogP contribution in [0.3, 0.4) is 0 Å². The van der Waals surface area contributed by atoms with Gasteiger partial charge in [-0.25, -0.2) is 8.42 Å². The number of sulfone groups is 1. The van der Waals surface area contributed by atoms with E-state index in [1.807, 2.05) is 24.3 Å². The molecule has 3 aromatic rings. The number of rotatable bonds is 10. The summed E-state index contributed by atoms with van der Waals surface area (Å²) in [6.07, 6.45) is 1.07. The molecule has 0 saturated carbocycles. The molecule has 0 aliphatic carbocycles. The largest absolute Gasteiger partial charge is 0.394 e. The molecular weight excluding hydrogens is 550 g/mol. The summed E-state index contributed by atoms with van der Waals surface area (Å²) in [5.74, 6) is 0.152. The first-order chi connectivity index (χ1) is 20.3. The average molecular weight is 592 g/mol. The zero-order valence-corrected chi connectivity index (χ0v) is 25.2. The van der Waals surface area contributed by atoms with Crippen molar-refractivity contribution in [1.82, 2.24) is 10.2 Å². The van der Waals surface area contributed by atoms with Gasteiger partial charge in [0, 0.05) is 49.4 Å². The van der Waals surface area contributed by atoms with Crippen LogP contribution in [0.5, 0.6) is 0 Å². The number of anilines is 1.